The second-order valence-corrected chi connectivity index (χ2v) is 5.41. The lowest BCUT2D eigenvalue weighted by Crippen LogP contribution is -2.46. The smallest absolute Gasteiger partial charge is 0.396 e. The molecule has 0 aromatic rings. The third kappa shape index (κ3) is 6.14. The Kier molecular flexibility index (Phi) is 7.54. The third-order valence-corrected chi connectivity index (χ3v) is 3.22. The maximum atomic E-state index is 13.0. The van der Waals surface area contributed by atoms with E-state index in [0.29, 0.717) is 0 Å². The Bertz CT molecular complexity index is 437. The second-order valence-electron chi connectivity index (χ2n) is 3.99. The minimum Gasteiger partial charge on any atom is -0.743 e. The second kappa shape index (κ2) is 7.90. The summed E-state index contributed by atoms with van der Waals surface area (Å²) in [6.07, 6.45) is -2.13. The van der Waals surface area contributed by atoms with Crippen LogP contribution in [0.15, 0.2) is 0 Å². The van der Waals surface area contributed by atoms with Crippen molar-refractivity contribution in [1.82, 2.24) is 0 Å². The predicted molar refractivity (Wildman–Crippen MR) is 60.9 cm³/mol. The van der Waals surface area contributed by atoms with Gasteiger partial charge in [0.05, 0.1) is 6.61 Å². The van der Waals surface area contributed by atoms with Gasteiger partial charge in [0.2, 0.25) is 0 Å². The number of ether oxygens (including phenoxy) is 2. The molecule has 0 amide bonds. The van der Waals surface area contributed by atoms with E-state index in [1.54, 1.807) is 6.92 Å². The molecule has 0 aliphatic rings. The number of unbranched alkanes of at least 4 members (excludes halogenated alkanes) is 1. The maximum Gasteiger partial charge on any atom is 0.396 e. The first-order valence-electron chi connectivity index (χ1n) is 5.90. The molecule has 0 unspecified atom stereocenters. The number of carbonyl (C=O) groups is 1. The van der Waals surface area contributed by atoms with Crippen LogP contribution >= 0.6 is 0 Å². The van der Waals surface area contributed by atoms with Gasteiger partial charge in [0.25, 0.3) is 0 Å². The van der Waals surface area contributed by atoms with Crippen LogP contribution in [0.1, 0.15) is 26.2 Å². The van der Waals surface area contributed by atoms with E-state index < -0.39 is 46.7 Å². The Hall–Kier alpha value is -0.940. The van der Waals surface area contributed by atoms with Crippen LogP contribution in [0.4, 0.5) is 17.6 Å². The highest BCUT2D eigenvalue weighted by molar-refractivity contribution is 7.86. The van der Waals surface area contributed by atoms with Crippen LogP contribution in [0.2, 0.25) is 0 Å². The molecule has 0 bridgehead atoms. The maximum absolute atomic E-state index is 13.0. The molecule has 0 aliphatic heterocycles. The highest BCUT2D eigenvalue weighted by Crippen LogP contribution is 2.41. The SMILES string of the molecule is CCOC(=O)COCCCCC(F)(F)C(F)(F)S(=O)(=O)[O-]. The minimum absolute atomic E-state index is 0.121. The van der Waals surface area contributed by atoms with Crippen LogP contribution in [-0.2, 0) is 24.4 Å². The fourth-order valence-electron chi connectivity index (χ4n) is 1.24. The lowest BCUT2D eigenvalue weighted by Gasteiger charge is -2.28. The summed E-state index contributed by atoms with van der Waals surface area (Å²) < 4.78 is 91.0. The first-order valence-corrected chi connectivity index (χ1v) is 7.31. The Morgan fingerprint density at radius 1 is 1.19 bits per heavy atom. The number of esters is 1. The average molecular weight is 339 g/mol. The van der Waals surface area contributed by atoms with E-state index in [4.69, 9.17) is 4.74 Å². The molecule has 0 saturated carbocycles. The van der Waals surface area contributed by atoms with E-state index in [9.17, 15) is 35.3 Å². The van der Waals surface area contributed by atoms with E-state index in [1.807, 2.05) is 0 Å². The summed E-state index contributed by atoms with van der Waals surface area (Å²) in [7, 11) is -6.45. The van der Waals surface area contributed by atoms with Crippen molar-refractivity contribution in [3.05, 3.63) is 0 Å². The van der Waals surface area contributed by atoms with Crippen molar-refractivity contribution in [3.8, 4) is 0 Å². The van der Waals surface area contributed by atoms with Crippen molar-refractivity contribution >= 4 is 16.1 Å². The van der Waals surface area contributed by atoms with Gasteiger partial charge in [-0.15, -0.1) is 0 Å². The highest BCUT2D eigenvalue weighted by atomic mass is 32.2. The number of carbonyl (C=O) groups excluding carboxylic acids is 1. The van der Waals surface area contributed by atoms with Gasteiger partial charge in [-0.2, -0.15) is 17.6 Å². The number of hydrogen-bond donors (Lipinski definition) is 0. The zero-order valence-electron chi connectivity index (χ0n) is 11.1. The van der Waals surface area contributed by atoms with E-state index in [1.165, 1.54) is 0 Å². The first-order chi connectivity index (χ1) is 9.45. The molecule has 0 radical (unpaired) electrons. The molecule has 0 fully saturated rings. The van der Waals surface area contributed by atoms with E-state index in [-0.39, 0.29) is 19.6 Å². The standard InChI is InChI=1S/C10H16F4O6S/c1-2-20-8(15)7-19-6-4-3-5-9(11,12)10(13,14)21(16,17)18/h2-7H2,1H3,(H,16,17,18)/p-1. The van der Waals surface area contributed by atoms with Crippen LogP contribution in [-0.4, -0.2) is 49.9 Å². The molecule has 6 nitrogen and oxygen atoms in total. The largest absolute Gasteiger partial charge is 0.743 e. The highest BCUT2D eigenvalue weighted by Gasteiger charge is 2.60. The molecule has 0 atom stereocenters. The monoisotopic (exact) mass is 339 g/mol. The van der Waals surface area contributed by atoms with Crippen molar-refractivity contribution in [3.63, 3.8) is 0 Å². The Morgan fingerprint density at radius 3 is 2.24 bits per heavy atom. The van der Waals surface area contributed by atoms with Gasteiger partial charge in [-0.05, 0) is 19.8 Å². The Labute approximate surface area is 119 Å². The summed E-state index contributed by atoms with van der Waals surface area (Å²) in [6, 6.07) is 0. The van der Waals surface area contributed by atoms with Gasteiger partial charge < -0.3 is 14.0 Å². The Morgan fingerprint density at radius 2 is 1.76 bits per heavy atom. The van der Waals surface area contributed by atoms with Crippen molar-refractivity contribution in [1.29, 1.82) is 0 Å². The lowest BCUT2D eigenvalue weighted by atomic mass is 10.1. The molecule has 0 saturated heterocycles. The molecular weight excluding hydrogens is 324 g/mol. The topological polar surface area (TPSA) is 92.7 Å². The molecular formula is C10H15F4O6S-. The molecule has 126 valence electrons. The van der Waals surface area contributed by atoms with Crippen LogP contribution in [0.3, 0.4) is 0 Å². The molecule has 0 N–H and O–H groups in total. The predicted octanol–water partition coefficient (Wildman–Crippen LogP) is 1.51. The summed E-state index contributed by atoms with van der Waals surface area (Å²) in [4.78, 5) is 10.8. The van der Waals surface area contributed by atoms with Gasteiger partial charge >= 0.3 is 17.1 Å². The fourth-order valence-corrected chi connectivity index (χ4v) is 1.71. The summed E-state index contributed by atoms with van der Waals surface area (Å²) in [5.74, 6) is -5.62. The van der Waals surface area contributed by atoms with Gasteiger partial charge in [0, 0.05) is 13.0 Å². The van der Waals surface area contributed by atoms with Gasteiger partial charge in [-0.25, -0.2) is 13.2 Å². The third-order valence-electron chi connectivity index (χ3n) is 2.29. The van der Waals surface area contributed by atoms with Gasteiger partial charge in [0.1, 0.15) is 6.61 Å². The zero-order chi connectivity index (χ0) is 16.7. The summed E-state index contributed by atoms with van der Waals surface area (Å²) in [5, 5.41) is -5.66. The normalized spacial score (nSPS) is 13.2. The zero-order valence-corrected chi connectivity index (χ0v) is 11.9. The first kappa shape index (κ1) is 20.1. The number of rotatable bonds is 10. The van der Waals surface area contributed by atoms with Crippen LogP contribution < -0.4 is 0 Å². The number of hydrogen-bond acceptors (Lipinski definition) is 6. The molecule has 11 heteroatoms. The van der Waals surface area contributed by atoms with E-state index in [0.717, 1.165) is 0 Å². The van der Waals surface area contributed by atoms with Gasteiger partial charge in [0.15, 0.2) is 10.1 Å². The number of alkyl halides is 4. The van der Waals surface area contributed by atoms with Crippen molar-refractivity contribution < 1.29 is 44.8 Å². The molecule has 21 heavy (non-hydrogen) atoms. The molecule has 0 heterocycles. The van der Waals surface area contributed by atoms with E-state index >= 15 is 0 Å². The fraction of sp³-hybridized carbons (Fsp3) is 0.900. The van der Waals surface area contributed by atoms with Gasteiger partial charge in [-0.3, -0.25) is 0 Å². The Balaban J connectivity index is 4.10. The molecule has 0 aliphatic carbocycles. The van der Waals surface area contributed by atoms with Crippen LogP contribution in [0.25, 0.3) is 0 Å². The van der Waals surface area contributed by atoms with Gasteiger partial charge in [-0.1, -0.05) is 0 Å². The lowest BCUT2D eigenvalue weighted by molar-refractivity contribution is -0.165. The molecule has 0 rings (SSSR count). The quantitative estimate of drug-likeness (QED) is 0.259. The van der Waals surface area contributed by atoms with Crippen molar-refractivity contribution in [2.24, 2.45) is 0 Å². The van der Waals surface area contributed by atoms with Crippen LogP contribution in [0.5, 0.6) is 0 Å². The molecule has 0 aromatic carbocycles. The summed E-state index contributed by atoms with van der Waals surface area (Å²) in [5.41, 5.74) is 0. The van der Waals surface area contributed by atoms with Crippen molar-refractivity contribution in [2.75, 3.05) is 19.8 Å². The summed E-state index contributed by atoms with van der Waals surface area (Å²) in [6.45, 7) is 1.14. The molecule has 0 spiro atoms. The van der Waals surface area contributed by atoms with Crippen LogP contribution in [0, 0.1) is 0 Å². The average Bonchev–Trinajstić information content (AvgIpc) is 2.32. The molecule has 0 aromatic heterocycles. The number of halogens is 4. The summed E-state index contributed by atoms with van der Waals surface area (Å²) >= 11 is 0. The van der Waals surface area contributed by atoms with E-state index in [2.05, 4.69) is 4.74 Å². The minimum atomic E-state index is -6.45. The van der Waals surface area contributed by atoms with Crippen molar-refractivity contribution in [2.45, 2.75) is 37.4 Å².